The van der Waals surface area contributed by atoms with Crippen molar-refractivity contribution in [2.75, 3.05) is 11.5 Å². The van der Waals surface area contributed by atoms with Gasteiger partial charge in [0.15, 0.2) is 0 Å². The number of barbiturate groups is 1. The van der Waals surface area contributed by atoms with Crippen LogP contribution in [0.15, 0.2) is 52.5 Å². The number of carbonyl (C=O) groups is 3. The SMILES string of the molecule is CCCCCCOc1ccc(Br)cc1C=C1C(=O)NC(=O)N(c2ccc(O)cc2)C1=O. The van der Waals surface area contributed by atoms with Crippen LogP contribution in [-0.2, 0) is 9.59 Å². The van der Waals surface area contributed by atoms with Crippen LogP contribution in [0.2, 0.25) is 0 Å². The molecule has 1 saturated heterocycles. The van der Waals surface area contributed by atoms with E-state index >= 15 is 0 Å². The maximum absolute atomic E-state index is 13.0. The topological polar surface area (TPSA) is 95.9 Å². The van der Waals surface area contributed by atoms with E-state index in [0.29, 0.717) is 17.9 Å². The number of carbonyl (C=O) groups excluding carboxylic acids is 3. The number of phenols is 1. The molecular weight excluding hydrogens is 464 g/mol. The number of halogens is 1. The van der Waals surface area contributed by atoms with Crippen molar-refractivity contribution in [3.8, 4) is 11.5 Å². The fourth-order valence-electron chi connectivity index (χ4n) is 3.12. The summed E-state index contributed by atoms with van der Waals surface area (Å²) in [4.78, 5) is 38.6. The first-order valence-electron chi connectivity index (χ1n) is 10.0. The molecule has 2 N–H and O–H groups in total. The number of hydrogen-bond donors (Lipinski definition) is 2. The smallest absolute Gasteiger partial charge is 0.335 e. The Kier molecular flexibility index (Phi) is 7.46. The third-order valence-electron chi connectivity index (χ3n) is 4.74. The summed E-state index contributed by atoms with van der Waals surface area (Å²) in [5, 5.41) is 11.7. The molecule has 162 valence electrons. The van der Waals surface area contributed by atoms with Gasteiger partial charge in [0.25, 0.3) is 11.8 Å². The number of amides is 4. The molecule has 2 aromatic rings. The second-order valence-electron chi connectivity index (χ2n) is 7.07. The van der Waals surface area contributed by atoms with Gasteiger partial charge in [-0.3, -0.25) is 14.9 Å². The van der Waals surface area contributed by atoms with Gasteiger partial charge in [-0.25, -0.2) is 9.69 Å². The second kappa shape index (κ2) is 10.3. The zero-order valence-corrected chi connectivity index (χ0v) is 18.6. The molecule has 0 unspecified atom stereocenters. The summed E-state index contributed by atoms with van der Waals surface area (Å²) in [5.41, 5.74) is 0.588. The molecule has 4 amide bonds. The lowest BCUT2D eigenvalue weighted by atomic mass is 10.1. The molecule has 1 heterocycles. The van der Waals surface area contributed by atoms with Crippen LogP contribution < -0.4 is 15.0 Å². The highest BCUT2D eigenvalue weighted by Gasteiger charge is 2.37. The average Bonchev–Trinajstić information content (AvgIpc) is 2.73. The largest absolute Gasteiger partial charge is 0.508 e. The van der Waals surface area contributed by atoms with Gasteiger partial charge in [-0.1, -0.05) is 42.1 Å². The van der Waals surface area contributed by atoms with Gasteiger partial charge in [0, 0.05) is 10.0 Å². The molecule has 0 bridgehead atoms. The molecule has 0 aliphatic carbocycles. The molecular formula is C23H23BrN2O5. The van der Waals surface area contributed by atoms with Crippen molar-refractivity contribution in [3.63, 3.8) is 0 Å². The second-order valence-corrected chi connectivity index (χ2v) is 7.98. The number of unbranched alkanes of at least 4 members (excludes halogenated alkanes) is 3. The lowest BCUT2D eigenvalue weighted by Crippen LogP contribution is -2.54. The van der Waals surface area contributed by atoms with Gasteiger partial charge in [0.1, 0.15) is 17.1 Å². The van der Waals surface area contributed by atoms with E-state index in [0.717, 1.165) is 35.1 Å². The lowest BCUT2D eigenvalue weighted by Gasteiger charge is -2.26. The summed E-state index contributed by atoms with van der Waals surface area (Å²) in [6.07, 6.45) is 5.65. The van der Waals surface area contributed by atoms with Crippen molar-refractivity contribution in [2.45, 2.75) is 32.6 Å². The van der Waals surface area contributed by atoms with E-state index < -0.39 is 17.8 Å². The predicted octanol–water partition coefficient (Wildman–Crippen LogP) is 4.78. The van der Waals surface area contributed by atoms with Crippen molar-refractivity contribution in [3.05, 3.63) is 58.1 Å². The molecule has 0 spiro atoms. The van der Waals surface area contributed by atoms with E-state index in [1.54, 1.807) is 12.1 Å². The number of nitrogens with one attached hydrogen (secondary N) is 1. The zero-order valence-electron chi connectivity index (χ0n) is 17.1. The maximum atomic E-state index is 13.0. The molecule has 0 aromatic heterocycles. The molecule has 1 fully saturated rings. The number of rotatable bonds is 8. The summed E-state index contributed by atoms with van der Waals surface area (Å²) in [7, 11) is 0. The fraction of sp³-hybridized carbons (Fsp3) is 0.261. The lowest BCUT2D eigenvalue weighted by molar-refractivity contribution is -0.122. The van der Waals surface area contributed by atoms with E-state index in [4.69, 9.17) is 4.74 Å². The van der Waals surface area contributed by atoms with Crippen LogP contribution >= 0.6 is 15.9 Å². The zero-order chi connectivity index (χ0) is 22.4. The van der Waals surface area contributed by atoms with Gasteiger partial charge >= 0.3 is 6.03 Å². The minimum absolute atomic E-state index is 0.00433. The van der Waals surface area contributed by atoms with Gasteiger partial charge in [0.05, 0.1) is 12.3 Å². The Morgan fingerprint density at radius 1 is 1.06 bits per heavy atom. The third-order valence-corrected chi connectivity index (χ3v) is 5.23. The number of benzene rings is 2. The number of imide groups is 2. The minimum Gasteiger partial charge on any atom is -0.508 e. The van der Waals surface area contributed by atoms with Crippen molar-refractivity contribution in [1.82, 2.24) is 5.32 Å². The Bertz CT molecular complexity index is 1020. The van der Waals surface area contributed by atoms with Gasteiger partial charge in [-0.2, -0.15) is 0 Å². The van der Waals surface area contributed by atoms with E-state index in [-0.39, 0.29) is 17.0 Å². The Morgan fingerprint density at radius 3 is 2.52 bits per heavy atom. The average molecular weight is 487 g/mol. The van der Waals surface area contributed by atoms with Crippen molar-refractivity contribution in [1.29, 1.82) is 0 Å². The summed E-state index contributed by atoms with van der Waals surface area (Å²) in [6, 6.07) is 10.0. The van der Waals surface area contributed by atoms with E-state index in [1.807, 2.05) is 6.07 Å². The number of ether oxygens (including phenoxy) is 1. The minimum atomic E-state index is -0.848. The van der Waals surface area contributed by atoms with E-state index in [1.165, 1.54) is 30.3 Å². The number of aromatic hydroxyl groups is 1. The molecule has 0 saturated carbocycles. The molecule has 1 aliphatic rings. The van der Waals surface area contributed by atoms with Crippen LogP contribution in [0.5, 0.6) is 11.5 Å². The molecule has 8 heteroatoms. The highest BCUT2D eigenvalue weighted by atomic mass is 79.9. The highest BCUT2D eigenvalue weighted by molar-refractivity contribution is 9.10. The van der Waals surface area contributed by atoms with Crippen molar-refractivity contribution < 1.29 is 24.2 Å². The summed E-state index contributed by atoms with van der Waals surface area (Å²) >= 11 is 3.40. The van der Waals surface area contributed by atoms with Crippen LogP contribution in [0.25, 0.3) is 6.08 Å². The Labute approximate surface area is 188 Å². The molecule has 3 rings (SSSR count). The fourth-order valence-corrected chi connectivity index (χ4v) is 3.50. The van der Waals surface area contributed by atoms with Crippen molar-refractivity contribution >= 4 is 45.5 Å². The Balaban J connectivity index is 1.89. The standard InChI is InChI=1S/C23H23BrN2O5/c1-2-3-4-5-12-31-20-11-6-16(24)13-15(20)14-19-21(28)25-23(30)26(22(19)29)17-7-9-18(27)10-8-17/h6-11,13-14,27H,2-5,12H2,1H3,(H,25,28,30). The van der Waals surface area contributed by atoms with E-state index in [2.05, 4.69) is 28.2 Å². The summed E-state index contributed by atoms with van der Waals surface area (Å²) in [5.74, 6) is -0.997. The number of urea groups is 1. The van der Waals surface area contributed by atoms with Crippen LogP contribution in [0.4, 0.5) is 10.5 Å². The summed E-state index contributed by atoms with van der Waals surface area (Å²) < 4.78 is 6.64. The molecule has 2 aromatic carbocycles. The number of phenolic OH excluding ortho intramolecular Hbond substituents is 1. The first kappa shape index (κ1) is 22.6. The third kappa shape index (κ3) is 5.52. The molecule has 1 aliphatic heterocycles. The number of nitrogens with zero attached hydrogens (tertiary/aromatic N) is 1. The Morgan fingerprint density at radius 2 is 1.81 bits per heavy atom. The Hall–Kier alpha value is -3.13. The first-order chi connectivity index (χ1) is 14.9. The predicted molar refractivity (Wildman–Crippen MR) is 121 cm³/mol. The monoisotopic (exact) mass is 486 g/mol. The van der Waals surface area contributed by atoms with Crippen molar-refractivity contribution in [2.24, 2.45) is 0 Å². The quantitative estimate of drug-likeness (QED) is 0.318. The van der Waals surface area contributed by atoms with Gasteiger partial charge in [-0.15, -0.1) is 0 Å². The van der Waals surface area contributed by atoms with Gasteiger partial charge < -0.3 is 9.84 Å². The summed E-state index contributed by atoms with van der Waals surface area (Å²) in [6.45, 7) is 2.66. The molecule has 0 atom stereocenters. The van der Waals surface area contributed by atoms with Gasteiger partial charge in [-0.05, 0) is 55.0 Å². The van der Waals surface area contributed by atoms with Crippen LogP contribution in [0.1, 0.15) is 38.2 Å². The van der Waals surface area contributed by atoms with Crippen LogP contribution in [-0.4, -0.2) is 29.6 Å². The maximum Gasteiger partial charge on any atom is 0.335 e. The van der Waals surface area contributed by atoms with Crippen LogP contribution in [0.3, 0.4) is 0 Å². The number of hydrogen-bond acceptors (Lipinski definition) is 5. The highest BCUT2D eigenvalue weighted by Crippen LogP contribution is 2.28. The van der Waals surface area contributed by atoms with Crippen LogP contribution in [0, 0.1) is 0 Å². The number of anilines is 1. The van der Waals surface area contributed by atoms with Gasteiger partial charge in [0.2, 0.25) is 0 Å². The first-order valence-corrected chi connectivity index (χ1v) is 10.8. The van der Waals surface area contributed by atoms with E-state index in [9.17, 15) is 19.5 Å². The molecule has 7 nitrogen and oxygen atoms in total. The normalized spacial score (nSPS) is 15.4. The molecule has 0 radical (unpaired) electrons. The molecule has 31 heavy (non-hydrogen) atoms.